The van der Waals surface area contributed by atoms with Crippen molar-refractivity contribution in [3.8, 4) is 21.9 Å². The number of likely N-dealkylation sites (tertiary alicyclic amines) is 1. The number of phenols is 1. The van der Waals surface area contributed by atoms with Gasteiger partial charge >= 0.3 is 5.97 Å². The number of piperidine rings is 1. The van der Waals surface area contributed by atoms with Crippen molar-refractivity contribution in [3.05, 3.63) is 83.4 Å². The van der Waals surface area contributed by atoms with E-state index in [0.29, 0.717) is 12.2 Å². The number of carbonyl (C=O) groups excluding carboxylic acids is 1. The predicted octanol–water partition coefficient (Wildman–Crippen LogP) is 6.52. The predicted molar refractivity (Wildman–Crippen MR) is 145 cm³/mol. The maximum absolute atomic E-state index is 12.1. The largest absolute Gasteiger partial charge is 0.508 e. The third-order valence-electron chi connectivity index (χ3n) is 6.77. The molecule has 5 rings (SSSR count). The summed E-state index contributed by atoms with van der Waals surface area (Å²) in [5.41, 5.74) is 3.98. The molecule has 186 valence electrons. The molecule has 0 spiro atoms. The first-order chi connectivity index (χ1) is 17.6. The molecular formula is C30H31NO4S. The van der Waals surface area contributed by atoms with Crippen LogP contribution >= 0.6 is 11.3 Å². The third-order valence-corrected chi connectivity index (χ3v) is 8.02. The van der Waals surface area contributed by atoms with Gasteiger partial charge in [0, 0.05) is 16.1 Å². The molecule has 1 saturated heterocycles. The lowest BCUT2D eigenvalue weighted by molar-refractivity contribution is 0.0601. The van der Waals surface area contributed by atoms with Crippen LogP contribution in [0.5, 0.6) is 11.5 Å². The lowest BCUT2D eigenvalue weighted by Gasteiger charge is -2.26. The van der Waals surface area contributed by atoms with Crippen molar-refractivity contribution in [2.75, 3.05) is 33.4 Å². The second kappa shape index (κ2) is 11.1. The minimum Gasteiger partial charge on any atom is -0.508 e. The number of hydrogen-bond acceptors (Lipinski definition) is 6. The van der Waals surface area contributed by atoms with Crippen molar-refractivity contribution in [2.24, 2.45) is 0 Å². The summed E-state index contributed by atoms with van der Waals surface area (Å²) in [4.78, 5) is 15.7. The fourth-order valence-electron chi connectivity index (χ4n) is 4.80. The zero-order valence-electron chi connectivity index (χ0n) is 20.5. The standard InChI is InChI=1S/C30H31NO4S/c1-34-30(33)23-9-14-26-27(29(36-28(26)20-23)22-7-10-24(32)11-8-22)19-21-5-12-25(13-6-21)35-18-17-31-15-3-2-4-16-31/h5-14,20,32H,2-4,15-19H2,1H3. The first-order valence-corrected chi connectivity index (χ1v) is 13.3. The van der Waals surface area contributed by atoms with E-state index in [1.54, 1.807) is 23.5 Å². The number of ether oxygens (including phenoxy) is 2. The molecule has 1 aliphatic rings. The van der Waals surface area contributed by atoms with Gasteiger partial charge in [-0.05, 0) is 103 Å². The molecule has 36 heavy (non-hydrogen) atoms. The van der Waals surface area contributed by atoms with Gasteiger partial charge in [-0.1, -0.05) is 24.6 Å². The van der Waals surface area contributed by atoms with E-state index in [1.807, 2.05) is 30.3 Å². The summed E-state index contributed by atoms with van der Waals surface area (Å²) < 4.78 is 12.0. The summed E-state index contributed by atoms with van der Waals surface area (Å²) in [6, 6.07) is 21.4. The highest BCUT2D eigenvalue weighted by Crippen LogP contribution is 2.41. The summed E-state index contributed by atoms with van der Waals surface area (Å²) in [7, 11) is 1.40. The van der Waals surface area contributed by atoms with E-state index in [-0.39, 0.29) is 11.7 Å². The van der Waals surface area contributed by atoms with Gasteiger partial charge in [0.25, 0.3) is 0 Å². The number of hydrogen-bond donors (Lipinski definition) is 1. The molecule has 1 aliphatic heterocycles. The molecule has 1 fully saturated rings. The van der Waals surface area contributed by atoms with Gasteiger partial charge in [0.15, 0.2) is 0 Å². The molecule has 2 heterocycles. The molecule has 4 aromatic rings. The Hall–Kier alpha value is -3.35. The molecule has 1 aromatic heterocycles. The molecule has 0 bridgehead atoms. The van der Waals surface area contributed by atoms with Crippen molar-refractivity contribution >= 4 is 27.4 Å². The molecular weight excluding hydrogens is 470 g/mol. The van der Waals surface area contributed by atoms with Crippen LogP contribution in [-0.2, 0) is 11.2 Å². The number of esters is 1. The van der Waals surface area contributed by atoms with Gasteiger partial charge < -0.3 is 14.6 Å². The van der Waals surface area contributed by atoms with E-state index in [2.05, 4.69) is 29.2 Å². The van der Waals surface area contributed by atoms with Crippen LogP contribution in [0.15, 0.2) is 66.7 Å². The average molecular weight is 502 g/mol. The van der Waals surface area contributed by atoms with Crippen molar-refractivity contribution < 1.29 is 19.4 Å². The van der Waals surface area contributed by atoms with Gasteiger partial charge in [-0.3, -0.25) is 4.90 Å². The number of benzene rings is 3. The smallest absolute Gasteiger partial charge is 0.337 e. The Morgan fingerprint density at radius 1 is 0.972 bits per heavy atom. The average Bonchev–Trinajstić information content (AvgIpc) is 3.27. The topological polar surface area (TPSA) is 59.0 Å². The number of thiophene rings is 1. The summed E-state index contributed by atoms with van der Waals surface area (Å²) >= 11 is 1.65. The highest BCUT2D eigenvalue weighted by atomic mass is 32.1. The van der Waals surface area contributed by atoms with E-state index in [0.717, 1.165) is 39.2 Å². The van der Waals surface area contributed by atoms with E-state index >= 15 is 0 Å². The van der Waals surface area contributed by atoms with E-state index in [1.165, 1.54) is 50.6 Å². The van der Waals surface area contributed by atoms with E-state index in [9.17, 15) is 9.90 Å². The Morgan fingerprint density at radius 3 is 2.44 bits per heavy atom. The first kappa shape index (κ1) is 24.3. The summed E-state index contributed by atoms with van der Waals surface area (Å²) in [6.07, 6.45) is 4.69. The Kier molecular flexibility index (Phi) is 7.54. The molecule has 0 saturated carbocycles. The van der Waals surface area contributed by atoms with Crippen LogP contribution in [0.25, 0.3) is 20.5 Å². The minimum atomic E-state index is -0.339. The van der Waals surface area contributed by atoms with Crippen molar-refractivity contribution in [1.82, 2.24) is 4.90 Å². The normalized spacial score (nSPS) is 14.1. The molecule has 0 aliphatic carbocycles. The molecule has 3 aromatic carbocycles. The Labute approximate surface area is 215 Å². The number of aromatic hydroxyl groups is 1. The van der Waals surface area contributed by atoms with Gasteiger partial charge in [-0.15, -0.1) is 11.3 Å². The molecule has 0 amide bonds. The van der Waals surface area contributed by atoms with Crippen LogP contribution in [0, 0.1) is 0 Å². The maximum atomic E-state index is 12.1. The van der Waals surface area contributed by atoms with E-state index < -0.39 is 0 Å². The van der Waals surface area contributed by atoms with Gasteiger partial charge in [0.05, 0.1) is 12.7 Å². The van der Waals surface area contributed by atoms with Gasteiger partial charge in [0.1, 0.15) is 18.1 Å². The summed E-state index contributed by atoms with van der Waals surface area (Å²) in [5.74, 6) is 0.798. The number of fused-ring (bicyclic) bond motifs is 1. The zero-order valence-corrected chi connectivity index (χ0v) is 21.4. The summed E-state index contributed by atoms with van der Waals surface area (Å²) in [5, 5.41) is 10.9. The second-order valence-electron chi connectivity index (χ2n) is 9.23. The SMILES string of the molecule is COC(=O)c1ccc2c(Cc3ccc(OCCN4CCCCC4)cc3)c(-c3ccc(O)cc3)sc2c1. The second-order valence-corrected chi connectivity index (χ2v) is 10.3. The molecule has 6 heteroatoms. The Bertz CT molecular complexity index is 1320. The van der Waals surface area contributed by atoms with Crippen LogP contribution < -0.4 is 4.74 Å². The lowest BCUT2D eigenvalue weighted by atomic mass is 9.98. The monoisotopic (exact) mass is 501 g/mol. The van der Waals surface area contributed by atoms with Crippen molar-refractivity contribution in [1.29, 1.82) is 0 Å². The van der Waals surface area contributed by atoms with E-state index in [4.69, 9.17) is 9.47 Å². The number of nitrogens with zero attached hydrogens (tertiary/aromatic N) is 1. The number of rotatable bonds is 8. The molecule has 0 radical (unpaired) electrons. The molecule has 1 N–H and O–H groups in total. The summed E-state index contributed by atoms with van der Waals surface area (Å²) in [6.45, 7) is 4.05. The highest BCUT2D eigenvalue weighted by Gasteiger charge is 2.17. The van der Waals surface area contributed by atoms with Gasteiger partial charge in [-0.2, -0.15) is 0 Å². The number of carbonyl (C=O) groups is 1. The zero-order chi connectivity index (χ0) is 24.9. The van der Waals surface area contributed by atoms with Gasteiger partial charge in [0.2, 0.25) is 0 Å². The highest BCUT2D eigenvalue weighted by molar-refractivity contribution is 7.22. The van der Waals surface area contributed by atoms with Crippen LogP contribution in [0.2, 0.25) is 0 Å². The number of methoxy groups -OCH3 is 1. The van der Waals surface area contributed by atoms with Crippen molar-refractivity contribution in [3.63, 3.8) is 0 Å². The number of phenolic OH excluding ortho intramolecular Hbond substituents is 1. The Morgan fingerprint density at radius 2 is 1.72 bits per heavy atom. The minimum absolute atomic E-state index is 0.241. The molecule has 0 atom stereocenters. The van der Waals surface area contributed by atoms with Gasteiger partial charge in [-0.25, -0.2) is 4.79 Å². The van der Waals surface area contributed by atoms with Crippen LogP contribution in [-0.4, -0.2) is 49.3 Å². The molecule has 5 nitrogen and oxygen atoms in total. The molecule has 0 unspecified atom stereocenters. The third kappa shape index (κ3) is 5.55. The quantitative estimate of drug-likeness (QED) is 0.279. The van der Waals surface area contributed by atoms with Crippen LogP contribution in [0.3, 0.4) is 0 Å². The Balaban J connectivity index is 1.37. The maximum Gasteiger partial charge on any atom is 0.337 e. The van der Waals surface area contributed by atoms with Crippen LogP contribution in [0.1, 0.15) is 40.7 Å². The van der Waals surface area contributed by atoms with Crippen molar-refractivity contribution in [2.45, 2.75) is 25.7 Å². The lowest BCUT2D eigenvalue weighted by Crippen LogP contribution is -2.33. The van der Waals surface area contributed by atoms with Crippen LogP contribution in [0.4, 0.5) is 0 Å². The fourth-order valence-corrected chi connectivity index (χ4v) is 6.07. The first-order valence-electron chi connectivity index (χ1n) is 12.5. The fraction of sp³-hybridized carbons (Fsp3) is 0.300.